The lowest BCUT2D eigenvalue weighted by molar-refractivity contribution is -0.145. The molecule has 0 saturated carbocycles. The second-order valence-corrected chi connectivity index (χ2v) is 8.13. The van der Waals surface area contributed by atoms with Crippen LogP contribution in [0.2, 0.25) is 0 Å². The summed E-state index contributed by atoms with van der Waals surface area (Å²) in [6.07, 6.45) is -1.35. The molecule has 8 heteroatoms. The van der Waals surface area contributed by atoms with E-state index in [1.165, 1.54) is 6.42 Å². The van der Waals surface area contributed by atoms with Crippen molar-refractivity contribution in [3.8, 4) is 0 Å². The fourth-order valence-electron chi connectivity index (χ4n) is 3.45. The summed E-state index contributed by atoms with van der Waals surface area (Å²) in [6, 6.07) is -0.487. The molecular formula is C18H29F3N4O. The SMILES string of the molecule is CC1CCCN(C(C)(C)CNC(=O)c2cnn(C(C)C)c2C(F)(F)F)C1. The Morgan fingerprint density at radius 1 is 1.38 bits per heavy atom. The van der Waals surface area contributed by atoms with E-state index in [1.807, 2.05) is 13.8 Å². The zero-order valence-corrected chi connectivity index (χ0v) is 16.2. The monoisotopic (exact) mass is 374 g/mol. The van der Waals surface area contributed by atoms with Crippen LogP contribution in [0.25, 0.3) is 0 Å². The lowest BCUT2D eigenvalue weighted by Gasteiger charge is -2.43. The normalized spacial score (nSPS) is 19.8. The Morgan fingerprint density at radius 3 is 2.58 bits per heavy atom. The van der Waals surface area contributed by atoms with Crippen molar-refractivity contribution in [2.24, 2.45) is 5.92 Å². The number of carbonyl (C=O) groups is 1. The van der Waals surface area contributed by atoms with Gasteiger partial charge in [-0.3, -0.25) is 14.4 Å². The molecule has 1 aromatic heterocycles. The molecule has 2 rings (SSSR count). The topological polar surface area (TPSA) is 50.2 Å². The van der Waals surface area contributed by atoms with Crippen molar-refractivity contribution in [2.75, 3.05) is 19.6 Å². The summed E-state index contributed by atoms with van der Waals surface area (Å²) >= 11 is 0. The lowest BCUT2D eigenvalue weighted by atomic mass is 9.93. The third-order valence-electron chi connectivity index (χ3n) is 4.99. The van der Waals surface area contributed by atoms with Gasteiger partial charge in [-0.05, 0) is 53.0 Å². The van der Waals surface area contributed by atoms with E-state index < -0.39 is 29.4 Å². The number of likely N-dealkylation sites (tertiary alicyclic amines) is 1. The van der Waals surface area contributed by atoms with E-state index in [0.717, 1.165) is 30.4 Å². The summed E-state index contributed by atoms with van der Waals surface area (Å²) in [5.74, 6) is -0.151. The molecule has 1 amide bonds. The maximum Gasteiger partial charge on any atom is 0.433 e. The average Bonchev–Trinajstić information content (AvgIpc) is 2.98. The maximum absolute atomic E-state index is 13.4. The molecule has 0 aliphatic carbocycles. The van der Waals surface area contributed by atoms with Crippen LogP contribution < -0.4 is 5.32 Å². The number of rotatable bonds is 5. The van der Waals surface area contributed by atoms with E-state index in [2.05, 4.69) is 22.2 Å². The van der Waals surface area contributed by atoms with Gasteiger partial charge in [0, 0.05) is 24.7 Å². The molecule has 0 spiro atoms. The first kappa shape index (κ1) is 20.7. The fourth-order valence-corrected chi connectivity index (χ4v) is 3.45. The third kappa shape index (κ3) is 4.58. The molecule has 1 N–H and O–H groups in total. The second kappa shape index (κ2) is 7.58. The fraction of sp³-hybridized carbons (Fsp3) is 0.778. The van der Waals surface area contributed by atoms with Crippen molar-refractivity contribution in [3.05, 3.63) is 17.5 Å². The van der Waals surface area contributed by atoms with Crippen LogP contribution in [-0.2, 0) is 6.18 Å². The first-order chi connectivity index (χ1) is 11.9. The Bertz CT molecular complexity index is 637. The van der Waals surface area contributed by atoms with Crippen molar-refractivity contribution < 1.29 is 18.0 Å². The summed E-state index contributed by atoms with van der Waals surface area (Å²) in [6.45, 7) is 11.6. The first-order valence-corrected chi connectivity index (χ1v) is 9.11. The van der Waals surface area contributed by atoms with E-state index in [9.17, 15) is 18.0 Å². The molecule has 5 nitrogen and oxygen atoms in total. The number of nitrogens with one attached hydrogen (secondary N) is 1. The molecule has 1 aromatic rings. The minimum absolute atomic E-state index is 0.280. The Balaban J connectivity index is 2.13. The highest BCUT2D eigenvalue weighted by Gasteiger charge is 2.41. The van der Waals surface area contributed by atoms with Crippen LogP contribution in [-0.4, -0.2) is 45.8 Å². The molecule has 148 valence electrons. The number of carbonyl (C=O) groups excluding carboxylic acids is 1. The molecule has 1 fully saturated rings. The molecule has 26 heavy (non-hydrogen) atoms. The zero-order chi connectivity index (χ0) is 19.7. The second-order valence-electron chi connectivity index (χ2n) is 8.13. The smallest absolute Gasteiger partial charge is 0.350 e. The van der Waals surface area contributed by atoms with Crippen molar-refractivity contribution in [1.29, 1.82) is 0 Å². The number of piperidine rings is 1. The van der Waals surface area contributed by atoms with E-state index in [0.29, 0.717) is 5.92 Å². The number of hydrogen-bond acceptors (Lipinski definition) is 3. The molecule has 0 bridgehead atoms. The number of aromatic nitrogens is 2. The Morgan fingerprint density at radius 2 is 2.04 bits per heavy atom. The summed E-state index contributed by atoms with van der Waals surface area (Å²) in [5.41, 5.74) is -1.74. The summed E-state index contributed by atoms with van der Waals surface area (Å²) in [7, 11) is 0. The van der Waals surface area contributed by atoms with E-state index in [-0.39, 0.29) is 12.1 Å². The molecule has 2 heterocycles. The largest absolute Gasteiger partial charge is 0.433 e. The predicted octanol–water partition coefficient (Wildman–Crippen LogP) is 3.72. The van der Waals surface area contributed by atoms with Gasteiger partial charge in [-0.15, -0.1) is 0 Å². The van der Waals surface area contributed by atoms with Crippen molar-refractivity contribution in [3.63, 3.8) is 0 Å². The van der Waals surface area contributed by atoms with Crippen LogP contribution >= 0.6 is 0 Å². The third-order valence-corrected chi connectivity index (χ3v) is 4.99. The summed E-state index contributed by atoms with van der Waals surface area (Å²) < 4.78 is 41.1. The van der Waals surface area contributed by atoms with Crippen LogP contribution in [0.15, 0.2) is 6.20 Å². The molecule has 1 unspecified atom stereocenters. The summed E-state index contributed by atoms with van der Waals surface area (Å²) in [4.78, 5) is 14.8. The standard InChI is InChI=1S/C18H29F3N4O/c1-12(2)25-15(18(19,20)21)14(9-23-25)16(26)22-11-17(4,5)24-8-6-7-13(3)10-24/h9,12-13H,6-8,10-11H2,1-5H3,(H,22,26). The number of nitrogens with zero attached hydrogens (tertiary/aromatic N) is 3. The number of amides is 1. The minimum atomic E-state index is -4.63. The van der Waals surface area contributed by atoms with Crippen LogP contribution in [0.4, 0.5) is 13.2 Å². The number of hydrogen-bond donors (Lipinski definition) is 1. The van der Waals surface area contributed by atoms with Gasteiger partial charge >= 0.3 is 6.18 Å². The minimum Gasteiger partial charge on any atom is -0.350 e. The highest BCUT2D eigenvalue weighted by molar-refractivity contribution is 5.95. The van der Waals surface area contributed by atoms with Crippen LogP contribution in [0.3, 0.4) is 0 Å². The van der Waals surface area contributed by atoms with Gasteiger partial charge in [-0.25, -0.2) is 0 Å². The van der Waals surface area contributed by atoms with Gasteiger partial charge in [0.1, 0.15) is 0 Å². The van der Waals surface area contributed by atoms with Gasteiger partial charge in [-0.1, -0.05) is 6.92 Å². The van der Waals surface area contributed by atoms with Crippen LogP contribution in [0.1, 0.15) is 69.6 Å². The van der Waals surface area contributed by atoms with Crippen LogP contribution in [0.5, 0.6) is 0 Å². The van der Waals surface area contributed by atoms with E-state index in [1.54, 1.807) is 13.8 Å². The van der Waals surface area contributed by atoms with Crippen molar-refractivity contribution in [2.45, 2.75) is 65.2 Å². The quantitative estimate of drug-likeness (QED) is 0.855. The Labute approximate surface area is 152 Å². The number of halogens is 3. The van der Waals surface area contributed by atoms with E-state index >= 15 is 0 Å². The van der Waals surface area contributed by atoms with Gasteiger partial charge in [0.25, 0.3) is 5.91 Å². The van der Waals surface area contributed by atoms with E-state index in [4.69, 9.17) is 0 Å². The van der Waals surface area contributed by atoms with Gasteiger partial charge in [0.15, 0.2) is 5.69 Å². The highest BCUT2D eigenvalue weighted by Crippen LogP contribution is 2.33. The van der Waals surface area contributed by atoms with Gasteiger partial charge in [0.2, 0.25) is 0 Å². The zero-order valence-electron chi connectivity index (χ0n) is 16.2. The van der Waals surface area contributed by atoms with Crippen molar-refractivity contribution >= 4 is 5.91 Å². The van der Waals surface area contributed by atoms with Crippen molar-refractivity contribution in [1.82, 2.24) is 20.0 Å². The molecule has 0 radical (unpaired) electrons. The van der Waals surface area contributed by atoms with Gasteiger partial charge in [0.05, 0.1) is 11.8 Å². The Hall–Kier alpha value is -1.57. The number of alkyl halides is 3. The molecule has 0 aromatic carbocycles. The molecular weight excluding hydrogens is 345 g/mol. The summed E-state index contributed by atoms with van der Waals surface area (Å²) in [5, 5.41) is 6.45. The molecule has 1 saturated heterocycles. The maximum atomic E-state index is 13.4. The highest BCUT2D eigenvalue weighted by atomic mass is 19.4. The van der Waals surface area contributed by atoms with Crippen LogP contribution in [0, 0.1) is 5.92 Å². The Kier molecular flexibility index (Phi) is 6.05. The molecule has 1 aliphatic heterocycles. The average molecular weight is 374 g/mol. The molecule has 1 aliphatic rings. The first-order valence-electron chi connectivity index (χ1n) is 9.11. The lowest BCUT2D eigenvalue weighted by Crippen LogP contribution is -2.54. The molecule has 1 atom stereocenters. The van der Waals surface area contributed by atoms with Gasteiger partial charge in [-0.2, -0.15) is 18.3 Å². The predicted molar refractivity (Wildman–Crippen MR) is 94.0 cm³/mol. The van der Waals surface area contributed by atoms with Gasteiger partial charge < -0.3 is 5.32 Å².